The van der Waals surface area contributed by atoms with E-state index in [0.29, 0.717) is 10.6 Å². The van der Waals surface area contributed by atoms with Gasteiger partial charge in [-0.3, -0.25) is 4.79 Å². The Kier molecular flexibility index (Phi) is 3.19. The molecule has 5 heteroatoms. The van der Waals surface area contributed by atoms with Crippen LogP contribution in [0.1, 0.15) is 10.4 Å². The highest BCUT2D eigenvalue weighted by Gasteiger charge is 2.06. The largest absolute Gasteiger partial charge is 0.322 e. The number of fused-ring (bicyclic) bond motifs is 1. The van der Waals surface area contributed by atoms with E-state index < -0.39 is 0 Å². The molecular weight excluding hydrogens is 280 g/mol. The average Bonchev–Trinajstić information content (AvgIpc) is 2.87. The van der Waals surface area contributed by atoms with E-state index in [2.05, 4.69) is 10.3 Å². The third-order valence-electron chi connectivity index (χ3n) is 2.69. The summed E-state index contributed by atoms with van der Waals surface area (Å²) in [5.74, 6) is -0.161. The third-order valence-corrected chi connectivity index (χ3v) is 3.76. The van der Waals surface area contributed by atoms with Crippen molar-refractivity contribution in [2.45, 2.75) is 0 Å². The van der Waals surface area contributed by atoms with Crippen LogP contribution in [0, 0.1) is 0 Å². The van der Waals surface area contributed by atoms with Crippen molar-refractivity contribution in [1.82, 2.24) is 4.98 Å². The monoisotopic (exact) mass is 288 g/mol. The van der Waals surface area contributed by atoms with Gasteiger partial charge < -0.3 is 5.32 Å². The number of anilines is 1. The number of carbonyl (C=O) groups is 1. The van der Waals surface area contributed by atoms with Gasteiger partial charge in [0.2, 0.25) is 0 Å². The van der Waals surface area contributed by atoms with E-state index in [1.807, 2.05) is 18.2 Å². The van der Waals surface area contributed by atoms with Crippen LogP contribution in [0.4, 0.5) is 5.69 Å². The van der Waals surface area contributed by atoms with Crippen LogP contribution >= 0.6 is 22.9 Å². The number of thiazole rings is 1. The molecule has 0 saturated carbocycles. The smallest absolute Gasteiger partial charge is 0.255 e. The van der Waals surface area contributed by atoms with Crippen molar-refractivity contribution in [2.75, 3.05) is 5.32 Å². The zero-order valence-corrected chi connectivity index (χ0v) is 11.3. The van der Waals surface area contributed by atoms with E-state index in [1.165, 1.54) is 0 Å². The first-order chi connectivity index (χ1) is 9.22. The van der Waals surface area contributed by atoms with Crippen LogP contribution in [0.3, 0.4) is 0 Å². The Hall–Kier alpha value is -1.91. The van der Waals surface area contributed by atoms with Gasteiger partial charge in [-0.1, -0.05) is 11.6 Å². The minimum Gasteiger partial charge on any atom is -0.322 e. The average molecular weight is 289 g/mol. The Morgan fingerprint density at radius 3 is 2.74 bits per heavy atom. The molecule has 3 aromatic rings. The predicted molar refractivity (Wildman–Crippen MR) is 79.0 cm³/mol. The van der Waals surface area contributed by atoms with Gasteiger partial charge in [-0.25, -0.2) is 4.98 Å². The van der Waals surface area contributed by atoms with Crippen LogP contribution in [0.15, 0.2) is 48.0 Å². The van der Waals surface area contributed by atoms with E-state index in [4.69, 9.17) is 11.6 Å². The summed E-state index contributed by atoms with van der Waals surface area (Å²) >= 11 is 7.36. The maximum Gasteiger partial charge on any atom is 0.255 e. The van der Waals surface area contributed by atoms with Gasteiger partial charge in [0, 0.05) is 16.3 Å². The molecule has 19 heavy (non-hydrogen) atoms. The van der Waals surface area contributed by atoms with Crippen molar-refractivity contribution in [3.05, 3.63) is 58.6 Å². The van der Waals surface area contributed by atoms with Gasteiger partial charge in [0.1, 0.15) is 0 Å². The van der Waals surface area contributed by atoms with Crippen LogP contribution in [0.5, 0.6) is 0 Å². The van der Waals surface area contributed by atoms with E-state index in [0.717, 1.165) is 15.9 Å². The molecule has 0 fully saturated rings. The molecule has 3 rings (SSSR count). The molecule has 0 saturated heterocycles. The summed E-state index contributed by atoms with van der Waals surface area (Å²) in [6.45, 7) is 0. The summed E-state index contributed by atoms with van der Waals surface area (Å²) in [6.07, 6.45) is 0. The van der Waals surface area contributed by atoms with Crippen LogP contribution in [0.25, 0.3) is 10.2 Å². The highest BCUT2D eigenvalue weighted by molar-refractivity contribution is 7.16. The molecular formula is C14H9ClN2OS. The Morgan fingerprint density at radius 1 is 1.16 bits per heavy atom. The number of carbonyl (C=O) groups excluding carboxylic acids is 1. The lowest BCUT2D eigenvalue weighted by molar-refractivity contribution is 0.102. The number of rotatable bonds is 2. The van der Waals surface area contributed by atoms with Gasteiger partial charge >= 0.3 is 0 Å². The maximum atomic E-state index is 12.0. The number of hydrogen-bond donors (Lipinski definition) is 1. The molecule has 1 aromatic heterocycles. The summed E-state index contributed by atoms with van der Waals surface area (Å²) < 4.78 is 1.10. The standard InChI is InChI=1S/C14H9ClN2OS/c15-10-3-1-9(2-4-10)14(18)17-11-5-6-13-12(7-11)16-8-19-13/h1-8H,(H,17,18). The molecule has 94 valence electrons. The number of amides is 1. The third kappa shape index (κ3) is 2.59. The fourth-order valence-electron chi connectivity index (χ4n) is 1.74. The summed E-state index contributed by atoms with van der Waals surface area (Å²) in [7, 11) is 0. The molecule has 2 aromatic carbocycles. The highest BCUT2D eigenvalue weighted by Crippen LogP contribution is 2.22. The number of nitrogens with zero attached hydrogens (tertiary/aromatic N) is 1. The van der Waals surface area contributed by atoms with E-state index in [-0.39, 0.29) is 5.91 Å². The molecule has 0 radical (unpaired) electrons. The Labute approximate surface area is 118 Å². The number of halogens is 1. The molecule has 1 heterocycles. The molecule has 0 aliphatic heterocycles. The molecule has 0 aliphatic rings. The minimum atomic E-state index is -0.161. The second-order valence-electron chi connectivity index (χ2n) is 4.00. The van der Waals surface area contributed by atoms with Gasteiger partial charge in [0.15, 0.2) is 0 Å². The second kappa shape index (κ2) is 4.99. The van der Waals surface area contributed by atoms with Gasteiger partial charge in [-0.05, 0) is 42.5 Å². The summed E-state index contributed by atoms with van der Waals surface area (Å²) in [5, 5.41) is 3.45. The molecule has 0 unspecified atom stereocenters. The first kappa shape index (κ1) is 12.1. The minimum absolute atomic E-state index is 0.161. The van der Waals surface area contributed by atoms with Crippen molar-refractivity contribution >= 4 is 44.7 Å². The zero-order valence-electron chi connectivity index (χ0n) is 9.76. The van der Waals surface area contributed by atoms with E-state index in [1.54, 1.807) is 41.1 Å². The van der Waals surface area contributed by atoms with Crippen molar-refractivity contribution in [2.24, 2.45) is 0 Å². The molecule has 0 atom stereocenters. The summed E-state index contributed by atoms with van der Waals surface area (Å²) in [4.78, 5) is 16.2. The van der Waals surface area contributed by atoms with Gasteiger partial charge in [-0.15, -0.1) is 11.3 Å². The van der Waals surface area contributed by atoms with E-state index >= 15 is 0 Å². The molecule has 0 bridgehead atoms. The quantitative estimate of drug-likeness (QED) is 0.768. The predicted octanol–water partition coefficient (Wildman–Crippen LogP) is 4.20. The van der Waals surface area contributed by atoms with Crippen molar-refractivity contribution in [3.63, 3.8) is 0 Å². The first-order valence-electron chi connectivity index (χ1n) is 5.62. The van der Waals surface area contributed by atoms with Crippen LogP contribution in [0.2, 0.25) is 5.02 Å². The summed E-state index contributed by atoms with van der Waals surface area (Å²) in [5.41, 5.74) is 3.98. The Bertz CT molecular complexity index is 737. The fraction of sp³-hybridized carbons (Fsp3) is 0. The lowest BCUT2D eigenvalue weighted by Gasteiger charge is -2.05. The number of nitrogens with one attached hydrogen (secondary N) is 1. The molecule has 0 spiro atoms. The van der Waals surface area contributed by atoms with Crippen LogP contribution < -0.4 is 5.32 Å². The Balaban J connectivity index is 1.83. The molecule has 3 nitrogen and oxygen atoms in total. The van der Waals surface area contributed by atoms with Crippen molar-refractivity contribution in [1.29, 1.82) is 0 Å². The number of benzene rings is 2. The molecule has 1 amide bonds. The Morgan fingerprint density at radius 2 is 1.95 bits per heavy atom. The normalized spacial score (nSPS) is 10.6. The second-order valence-corrected chi connectivity index (χ2v) is 5.32. The molecule has 1 N–H and O–H groups in total. The van der Waals surface area contributed by atoms with Crippen LogP contribution in [-0.2, 0) is 0 Å². The lowest BCUT2D eigenvalue weighted by atomic mass is 10.2. The van der Waals surface area contributed by atoms with Gasteiger partial charge in [-0.2, -0.15) is 0 Å². The van der Waals surface area contributed by atoms with Gasteiger partial charge in [0.05, 0.1) is 15.7 Å². The SMILES string of the molecule is O=C(Nc1ccc2scnc2c1)c1ccc(Cl)cc1. The van der Waals surface area contributed by atoms with Gasteiger partial charge in [0.25, 0.3) is 5.91 Å². The highest BCUT2D eigenvalue weighted by atomic mass is 35.5. The van der Waals surface area contributed by atoms with Crippen LogP contribution in [-0.4, -0.2) is 10.9 Å². The number of aromatic nitrogens is 1. The van der Waals surface area contributed by atoms with Crippen molar-refractivity contribution in [3.8, 4) is 0 Å². The summed E-state index contributed by atoms with van der Waals surface area (Å²) in [6, 6.07) is 12.5. The topological polar surface area (TPSA) is 42.0 Å². The first-order valence-corrected chi connectivity index (χ1v) is 6.88. The fourth-order valence-corrected chi connectivity index (χ4v) is 2.52. The molecule has 0 aliphatic carbocycles. The number of hydrogen-bond acceptors (Lipinski definition) is 3. The maximum absolute atomic E-state index is 12.0. The lowest BCUT2D eigenvalue weighted by Crippen LogP contribution is -2.11. The zero-order chi connectivity index (χ0) is 13.2. The van der Waals surface area contributed by atoms with Crippen molar-refractivity contribution < 1.29 is 4.79 Å². The van der Waals surface area contributed by atoms with E-state index in [9.17, 15) is 4.79 Å².